The molecular weight excluding hydrogens is 424 g/mol. The van der Waals surface area contributed by atoms with Gasteiger partial charge in [-0.25, -0.2) is 0 Å². The molecule has 172 valence electrons. The van der Waals surface area contributed by atoms with Gasteiger partial charge in [0.15, 0.2) is 17.8 Å². The second-order valence-corrected chi connectivity index (χ2v) is 7.36. The Labute approximate surface area is 182 Å². The maximum atomic E-state index is 12.8. The predicted molar refractivity (Wildman–Crippen MR) is 110 cm³/mol. The van der Waals surface area contributed by atoms with Gasteiger partial charge in [-0.3, -0.25) is 9.59 Å². The van der Waals surface area contributed by atoms with E-state index in [1.54, 1.807) is 13.0 Å². The number of nitrogens with one attached hydrogen (secondary N) is 2. The first-order valence-corrected chi connectivity index (χ1v) is 9.68. The number of phenolic OH excluding ortho intramolecular Hbond substituents is 2. The molecular formula is C21H24N2O9. The standard InChI is InChI=1S/C21H24N2O9/c1-9-11(20(30)23-16-18(28)17(27)15(8-24)32-21(16)31)3-2-4-12(9)22-19(29)10-5-6-13(25)14(26)7-10/h2-7,15-18,21,24-28,31H,8H2,1H3,(H,22,29)(H,23,30)/t15-,16-,17-,18-,21?/m1/s1. The summed E-state index contributed by atoms with van der Waals surface area (Å²) in [6, 6.07) is 6.72. The SMILES string of the molecule is Cc1c(NC(=O)c2ccc(O)c(O)c2)cccc1C(=O)N[C@H]1C(O)O[C@H](CO)[C@@H](O)[C@@H]1O. The van der Waals surface area contributed by atoms with Crippen LogP contribution in [0.4, 0.5) is 5.69 Å². The number of phenols is 2. The number of aliphatic hydroxyl groups is 4. The van der Waals surface area contributed by atoms with Crippen LogP contribution in [-0.2, 0) is 4.74 Å². The van der Waals surface area contributed by atoms with E-state index in [0.717, 1.165) is 6.07 Å². The molecule has 2 amide bonds. The van der Waals surface area contributed by atoms with Crippen LogP contribution in [0.3, 0.4) is 0 Å². The molecule has 0 radical (unpaired) electrons. The molecule has 0 spiro atoms. The minimum atomic E-state index is -1.67. The number of carbonyl (C=O) groups excluding carboxylic acids is 2. The fourth-order valence-electron chi connectivity index (χ4n) is 3.36. The van der Waals surface area contributed by atoms with Crippen LogP contribution in [0, 0.1) is 6.92 Å². The molecule has 5 atom stereocenters. The van der Waals surface area contributed by atoms with Crippen molar-refractivity contribution in [3.8, 4) is 11.5 Å². The molecule has 11 heteroatoms. The summed E-state index contributed by atoms with van der Waals surface area (Å²) < 4.78 is 5.03. The minimum absolute atomic E-state index is 0.0765. The van der Waals surface area contributed by atoms with Gasteiger partial charge < -0.3 is 46.0 Å². The van der Waals surface area contributed by atoms with E-state index in [4.69, 9.17) is 9.84 Å². The topological polar surface area (TPSA) is 189 Å². The average molecular weight is 448 g/mol. The van der Waals surface area contributed by atoms with Crippen molar-refractivity contribution in [2.24, 2.45) is 0 Å². The van der Waals surface area contributed by atoms with Crippen LogP contribution in [0.2, 0.25) is 0 Å². The monoisotopic (exact) mass is 448 g/mol. The largest absolute Gasteiger partial charge is 0.504 e. The van der Waals surface area contributed by atoms with Crippen molar-refractivity contribution in [3.05, 3.63) is 53.1 Å². The molecule has 0 aliphatic carbocycles. The number of ether oxygens (including phenoxy) is 1. The van der Waals surface area contributed by atoms with Crippen LogP contribution in [0.5, 0.6) is 11.5 Å². The molecule has 0 bridgehead atoms. The van der Waals surface area contributed by atoms with Gasteiger partial charge in [-0.2, -0.15) is 0 Å². The Morgan fingerprint density at radius 2 is 1.72 bits per heavy atom. The third kappa shape index (κ3) is 4.66. The van der Waals surface area contributed by atoms with Gasteiger partial charge in [-0.15, -0.1) is 0 Å². The van der Waals surface area contributed by atoms with Crippen LogP contribution in [0.15, 0.2) is 36.4 Å². The Morgan fingerprint density at radius 1 is 1.00 bits per heavy atom. The first-order valence-electron chi connectivity index (χ1n) is 9.68. The molecule has 32 heavy (non-hydrogen) atoms. The molecule has 2 aromatic rings. The lowest BCUT2D eigenvalue weighted by atomic mass is 9.96. The number of anilines is 1. The van der Waals surface area contributed by atoms with E-state index < -0.39 is 54.8 Å². The highest BCUT2D eigenvalue weighted by Gasteiger charge is 2.44. The van der Waals surface area contributed by atoms with Crippen molar-refractivity contribution < 1.29 is 45.0 Å². The maximum Gasteiger partial charge on any atom is 0.255 e. The summed E-state index contributed by atoms with van der Waals surface area (Å²) >= 11 is 0. The number of benzene rings is 2. The first kappa shape index (κ1) is 23.4. The Morgan fingerprint density at radius 3 is 2.38 bits per heavy atom. The van der Waals surface area contributed by atoms with Crippen molar-refractivity contribution in [3.63, 3.8) is 0 Å². The van der Waals surface area contributed by atoms with Gasteiger partial charge in [0.2, 0.25) is 0 Å². The van der Waals surface area contributed by atoms with Crippen LogP contribution in [0.1, 0.15) is 26.3 Å². The minimum Gasteiger partial charge on any atom is -0.504 e. The van der Waals surface area contributed by atoms with Gasteiger partial charge in [0.1, 0.15) is 24.4 Å². The molecule has 1 fully saturated rings. The lowest BCUT2D eigenvalue weighted by Gasteiger charge is -2.40. The van der Waals surface area contributed by atoms with Crippen molar-refractivity contribution in [1.82, 2.24) is 5.32 Å². The van der Waals surface area contributed by atoms with E-state index >= 15 is 0 Å². The fraction of sp³-hybridized carbons (Fsp3) is 0.333. The lowest BCUT2D eigenvalue weighted by molar-refractivity contribution is -0.252. The molecule has 0 saturated carbocycles. The normalized spacial score (nSPS) is 25.2. The van der Waals surface area contributed by atoms with E-state index in [0.29, 0.717) is 5.56 Å². The number of hydrogen-bond acceptors (Lipinski definition) is 9. The number of carbonyl (C=O) groups is 2. The Bertz CT molecular complexity index is 1010. The Kier molecular flexibility index (Phi) is 6.96. The second-order valence-electron chi connectivity index (χ2n) is 7.36. The molecule has 3 rings (SSSR count). The van der Waals surface area contributed by atoms with Crippen LogP contribution in [-0.4, -0.2) is 79.7 Å². The molecule has 8 N–H and O–H groups in total. The molecule has 1 aliphatic rings. The van der Waals surface area contributed by atoms with Crippen molar-refractivity contribution in [2.75, 3.05) is 11.9 Å². The second kappa shape index (κ2) is 9.51. The van der Waals surface area contributed by atoms with Crippen LogP contribution < -0.4 is 10.6 Å². The summed E-state index contributed by atoms with van der Waals surface area (Å²) in [7, 11) is 0. The first-order chi connectivity index (χ1) is 15.1. The van der Waals surface area contributed by atoms with Crippen molar-refractivity contribution in [1.29, 1.82) is 0 Å². The third-order valence-electron chi connectivity index (χ3n) is 5.26. The fourth-order valence-corrected chi connectivity index (χ4v) is 3.36. The number of hydrogen-bond donors (Lipinski definition) is 8. The summed E-state index contributed by atoms with van der Waals surface area (Å²) in [5.74, 6) is -2.13. The third-order valence-corrected chi connectivity index (χ3v) is 5.26. The number of amides is 2. The van der Waals surface area contributed by atoms with Gasteiger partial charge in [-0.05, 0) is 42.8 Å². The zero-order valence-electron chi connectivity index (χ0n) is 17.0. The summed E-state index contributed by atoms with van der Waals surface area (Å²) in [6.45, 7) is 0.940. The van der Waals surface area contributed by atoms with Gasteiger partial charge in [0.25, 0.3) is 11.8 Å². The van der Waals surface area contributed by atoms with E-state index in [9.17, 15) is 35.1 Å². The molecule has 0 aromatic heterocycles. The maximum absolute atomic E-state index is 12.8. The number of aliphatic hydroxyl groups excluding tert-OH is 4. The Balaban J connectivity index is 1.76. The lowest BCUT2D eigenvalue weighted by Crippen LogP contribution is -2.64. The van der Waals surface area contributed by atoms with Crippen molar-refractivity contribution in [2.45, 2.75) is 37.6 Å². The Hall–Kier alpha value is -3.22. The van der Waals surface area contributed by atoms with E-state index in [2.05, 4.69) is 10.6 Å². The van der Waals surface area contributed by atoms with Gasteiger partial charge in [0.05, 0.1) is 6.61 Å². The van der Waals surface area contributed by atoms with E-state index in [1.807, 2.05) is 0 Å². The average Bonchev–Trinajstić information content (AvgIpc) is 2.76. The highest BCUT2D eigenvalue weighted by Crippen LogP contribution is 2.26. The molecule has 11 nitrogen and oxygen atoms in total. The molecule has 1 aliphatic heterocycles. The summed E-state index contributed by atoms with van der Waals surface area (Å²) in [5, 5.41) is 63.3. The van der Waals surface area contributed by atoms with Gasteiger partial charge in [0, 0.05) is 16.8 Å². The number of rotatable bonds is 5. The molecule has 2 aromatic carbocycles. The summed E-state index contributed by atoms with van der Waals surface area (Å²) in [4.78, 5) is 25.3. The zero-order valence-corrected chi connectivity index (χ0v) is 17.0. The molecule has 1 heterocycles. The highest BCUT2D eigenvalue weighted by atomic mass is 16.6. The van der Waals surface area contributed by atoms with Crippen LogP contribution >= 0.6 is 0 Å². The summed E-state index contributed by atoms with van der Waals surface area (Å²) in [5.41, 5.74) is 0.856. The number of aromatic hydroxyl groups is 2. The van der Waals surface area contributed by atoms with E-state index in [1.165, 1.54) is 24.3 Å². The van der Waals surface area contributed by atoms with Crippen LogP contribution in [0.25, 0.3) is 0 Å². The molecule has 1 saturated heterocycles. The zero-order chi connectivity index (χ0) is 23.6. The van der Waals surface area contributed by atoms with E-state index in [-0.39, 0.29) is 22.6 Å². The van der Waals surface area contributed by atoms with Crippen molar-refractivity contribution >= 4 is 17.5 Å². The van der Waals surface area contributed by atoms with Gasteiger partial charge >= 0.3 is 0 Å². The van der Waals surface area contributed by atoms with Gasteiger partial charge in [-0.1, -0.05) is 6.07 Å². The smallest absolute Gasteiger partial charge is 0.255 e. The quantitative estimate of drug-likeness (QED) is 0.270. The highest BCUT2D eigenvalue weighted by molar-refractivity contribution is 6.06. The summed E-state index contributed by atoms with van der Waals surface area (Å²) in [6.07, 6.45) is -5.99. The predicted octanol–water partition coefficient (Wildman–Crippen LogP) is -0.812. The molecule has 1 unspecified atom stereocenters.